The molecule has 0 aromatic carbocycles. The lowest BCUT2D eigenvalue weighted by Gasteiger charge is -2.12. The zero-order valence-electron chi connectivity index (χ0n) is 11.1. The third kappa shape index (κ3) is 3.84. The van der Waals surface area contributed by atoms with Crippen LogP contribution in [-0.4, -0.2) is 0 Å². The predicted molar refractivity (Wildman–Crippen MR) is 73.5 cm³/mol. The zero-order valence-corrected chi connectivity index (χ0v) is 11.1. The first-order valence-electron chi connectivity index (χ1n) is 6.40. The van der Waals surface area contributed by atoms with Crippen molar-refractivity contribution in [1.29, 1.82) is 0 Å². The predicted octanol–water partition coefficient (Wildman–Crippen LogP) is 5.35. The van der Waals surface area contributed by atoms with Crippen LogP contribution in [0, 0.1) is 0 Å². The maximum Gasteiger partial charge on any atom is -0.0239 e. The molecule has 0 bridgehead atoms. The molecule has 0 atom stereocenters. The van der Waals surface area contributed by atoms with Crippen LogP contribution >= 0.6 is 0 Å². The molecule has 0 saturated carbocycles. The van der Waals surface area contributed by atoms with Crippen LogP contribution in [0.4, 0.5) is 0 Å². The Kier molecular flexibility index (Phi) is 5.31. The standard InChI is InChI=1S/C16H24/c1-5-15(6-2)10-9-14(4)16-11-7-13(3)8-12-16/h7,9-11H,5-6,8,12H2,1-4H3. The van der Waals surface area contributed by atoms with Crippen molar-refractivity contribution in [2.75, 3.05) is 0 Å². The van der Waals surface area contributed by atoms with E-state index in [1.54, 1.807) is 0 Å². The Labute approximate surface area is 100 Å². The van der Waals surface area contributed by atoms with E-state index in [4.69, 9.17) is 0 Å². The lowest BCUT2D eigenvalue weighted by molar-refractivity contribution is 0.911. The Hall–Kier alpha value is -1.04. The normalized spacial score (nSPS) is 16.6. The van der Waals surface area contributed by atoms with Crippen LogP contribution in [0.15, 0.2) is 46.6 Å². The van der Waals surface area contributed by atoms with E-state index in [0.29, 0.717) is 0 Å². The summed E-state index contributed by atoms with van der Waals surface area (Å²) < 4.78 is 0. The Morgan fingerprint density at radius 2 is 1.81 bits per heavy atom. The monoisotopic (exact) mass is 216 g/mol. The zero-order chi connectivity index (χ0) is 12.0. The van der Waals surface area contributed by atoms with Gasteiger partial charge in [0.1, 0.15) is 0 Å². The first-order valence-corrected chi connectivity index (χ1v) is 6.40. The van der Waals surface area contributed by atoms with Gasteiger partial charge in [0, 0.05) is 0 Å². The van der Waals surface area contributed by atoms with Gasteiger partial charge in [0.15, 0.2) is 0 Å². The summed E-state index contributed by atoms with van der Waals surface area (Å²) in [5.74, 6) is 0. The van der Waals surface area contributed by atoms with Crippen LogP contribution in [0.3, 0.4) is 0 Å². The van der Waals surface area contributed by atoms with Crippen LogP contribution in [0.1, 0.15) is 53.4 Å². The molecule has 0 fully saturated rings. The van der Waals surface area contributed by atoms with Crippen LogP contribution < -0.4 is 0 Å². The number of hydrogen-bond acceptors (Lipinski definition) is 0. The highest BCUT2D eigenvalue weighted by atomic mass is 14.1. The highest BCUT2D eigenvalue weighted by Gasteiger charge is 2.04. The molecular formula is C16H24. The molecule has 16 heavy (non-hydrogen) atoms. The van der Waals surface area contributed by atoms with Gasteiger partial charge in [-0.3, -0.25) is 0 Å². The molecule has 0 spiro atoms. The summed E-state index contributed by atoms with van der Waals surface area (Å²) in [4.78, 5) is 0. The SMILES string of the molecule is CCC(=CC=C(C)C1=CC=C(C)CC1)CC. The molecular weight excluding hydrogens is 192 g/mol. The van der Waals surface area contributed by atoms with Crippen molar-refractivity contribution < 1.29 is 0 Å². The molecule has 0 nitrogen and oxygen atoms in total. The van der Waals surface area contributed by atoms with Gasteiger partial charge < -0.3 is 0 Å². The summed E-state index contributed by atoms with van der Waals surface area (Å²) in [5.41, 5.74) is 5.94. The second kappa shape index (κ2) is 6.52. The van der Waals surface area contributed by atoms with Gasteiger partial charge in [0.25, 0.3) is 0 Å². The van der Waals surface area contributed by atoms with E-state index in [1.807, 2.05) is 0 Å². The van der Waals surface area contributed by atoms with Crippen molar-refractivity contribution in [3.63, 3.8) is 0 Å². The van der Waals surface area contributed by atoms with E-state index in [2.05, 4.69) is 52.0 Å². The minimum absolute atomic E-state index is 1.17. The van der Waals surface area contributed by atoms with Gasteiger partial charge in [-0.2, -0.15) is 0 Å². The molecule has 1 aliphatic rings. The molecule has 0 heterocycles. The van der Waals surface area contributed by atoms with Gasteiger partial charge in [-0.15, -0.1) is 0 Å². The van der Waals surface area contributed by atoms with E-state index in [9.17, 15) is 0 Å². The van der Waals surface area contributed by atoms with Crippen molar-refractivity contribution >= 4 is 0 Å². The van der Waals surface area contributed by atoms with Crippen molar-refractivity contribution in [1.82, 2.24) is 0 Å². The first kappa shape index (κ1) is 13.0. The summed E-state index contributed by atoms with van der Waals surface area (Å²) in [6.07, 6.45) is 13.8. The maximum absolute atomic E-state index is 2.29. The van der Waals surface area contributed by atoms with Gasteiger partial charge >= 0.3 is 0 Å². The van der Waals surface area contributed by atoms with Gasteiger partial charge in [0.2, 0.25) is 0 Å². The average molecular weight is 216 g/mol. The molecule has 0 N–H and O–H groups in total. The van der Waals surface area contributed by atoms with Crippen LogP contribution in [-0.2, 0) is 0 Å². The van der Waals surface area contributed by atoms with Gasteiger partial charge in [-0.1, -0.05) is 49.3 Å². The summed E-state index contributed by atoms with van der Waals surface area (Å²) in [7, 11) is 0. The van der Waals surface area contributed by atoms with E-state index in [1.165, 1.54) is 48.0 Å². The van der Waals surface area contributed by atoms with Gasteiger partial charge in [0.05, 0.1) is 0 Å². The van der Waals surface area contributed by atoms with Crippen LogP contribution in [0.25, 0.3) is 0 Å². The maximum atomic E-state index is 2.29. The van der Waals surface area contributed by atoms with E-state index < -0.39 is 0 Å². The van der Waals surface area contributed by atoms with Crippen LogP contribution in [0.5, 0.6) is 0 Å². The van der Waals surface area contributed by atoms with Gasteiger partial charge in [-0.25, -0.2) is 0 Å². The Morgan fingerprint density at radius 1 is 1.12 bits per heavy atom. The van der Waals surface area contributed by atoms with Crippen molar-refractivity contribution in [3.8, 4) is 0 Å². The second-order valence-electron chi connectivity index (χ2n) is 4.59. The minimum Gasteiger partial charge on any atom is -0.0730 e. The lowest BCUT2D eigenvalue weighted by atomic mass is 9.94. The molecule has 0 aromatic heterocycles. The van der Waals surface area contributed by atoms with Crippen molar-refractivity contribution in [2.24, 2.45) is 0 Å². The molecule has 0 radical (unpaired) electrons. The van der Waals surface area contributed by atoms with Crippen molar-refractivity contribution in [2.45, 2.75) is 53.4 Å². The minimum atomic E-state index is 1.17. The fraction of sp³-hybridized carbons (Fsp3) is 0.500. The largest absolute Gasteiger partial charge is 0.0730 e. The molecule has 0 unspecified atom stereocenters. The fourth-order valence-electron chi connectivity index (χ4n) is 1.91. The summed E-state index contributed by atoms with van der Waals surface area (Å²) in [5, 5.41) is 0. The third-order valence-electron chi connectivity index (χ3n) is 3.34. The third-order valence-corrected chi connectivity index (χ3v) is 3.34. The summed E-state index contributed by atoms with van der Waals surface area (Å²) >= 11 is 0. The average Bonchev–Trinajstić information content (AvgIpc) is 2.31. The lowest BCUT2D eigenvalue weighted by Crippen LogP contribution is -1.92. The highest BCUT2D eigenvalue weighted by molar-refractivity contribution is 5.38. The molecule has 0 saturated heterocycles. The Balaban J connectivity index is 2.74. The van der Waals surface area contributed by atoms with Gasteiger partial charge in [-0.05, 0) is 50.7 Å². The molecule has 1 aliphatic carbocycles. The molecule has 0 heteroatoms. The van der Waals surface area contributed by atoms with Crippen molar-refractivity contribution in [3.05, 3.63) is 46.6 Å². The fourth-order valence-corrected chi connectivity index (χ4v) is 1.91. The van der Waals surface area contributed by atoms with Crippen LogP contribution in [0.2, 0.25) is 0 Å². The smallest absolute Gasteiger partial charge is 0.0239 e. The van der Waals surface area contributed by atoms with E-state index in [0.717, 1.165) is 0 Å². The highest BCUT2D eigenvalue weighted by Crippen LogP contribution is 2.23. The molecule has 0 aliphatic heterocycles. The number of rotatable bonds is 4. The van der Waals surface area contributed by atoms with E-state index >= 15 is 0 Å². The topological polar surface area (TPSA) is 0 Å². The first-order chi connectivity index (χ1) is 7.67. The summed E-state index contributed by atoms with van der Waals surface area (Å²) in [6.45, 7) is 8.88. The quantitative estimate of drug-likeness (QED) is 0.556. The molecule has 88 valence electrons. The number of allylic oxidation sites excluding steroid dienone is 8. The molecule has 0 aromatic rings. The Morgan fingerprint density at radius 3 is 2.31 bits per heavy atom. The number of hydrogen-bond donors (Lipinski definition) is 0. The second-order valence-corrected chi connectivity index (χ2v) is 4.59. The summed E-state index contributed by atoms with van der Waals surface area (Å²) in [6, 6.07) is 0. The Bertz CT molecular complexity index is 342. The molecule has 1 rings (SSSR count). The molecule has 0 amide bonds. The van der Waals surface area contributed by atoms with E-state index in [-0.39, 0.29) is 0 Å².